The van der Waals surface area contributed by atoms with E-state index in [1.165, 1.54) is 84.1 Å². The highest BCUT2D eigenvalue weighted by molar-refractivity contribution is 5.83. The highest BCUT2D eigenvalue weighted by Gasteiger charge is 2.55. The van der Waals surface area contributed by atoms with Crippen LogP contribution in [0.1, 0.15) is 51.4 Å². The second-order valence-corrected chi connectivity index (χ2v) is 10.5. The first-order valence-electron chi connectivity index (χ1n) is 11.3. The molecule has 6 aliphatic rings. The summed E-state index contributed by atoms with van der Waals surface area (Å²) in [4.78, 5) is 20.9. The summed E-state index contributed by atoms with van der Waals surface area (Å²) in [5.74, 6) is 3.99. The first kappa shape index (κ1) is 17.5. The van der Waals surface area contributed by atoms with Crippen molar-refractivity contribution in [1.82, 2.24) is 14.7 Å². The number of hydrogen-bond acceptors (Lipinski definition) is 3. The molecule has 26 heavy (non-hydrogen) atoms. The van der Waals surface area contributed by atoms with Crippen LogP contribution in [0.15, 0.2) is 0 Å². The maximum Gasteiger partial charge on any atom is 0.228 e. The van der Waals surface area contributed by atoms with Gasteiger partial charge in [-0.2, -0.15) is 0 Å². The second kappa shape index (κ2) is 6.77. The lowest BCUT2D eigenvalue weighted by Crippen LogP contribution is -2.56. The first-order valence-corrected chi connectivity index (χ1v) is 11.3. The minimum atomic E-state index is 0.0685. The molecule has 0 spiro atoms. The van der Waals surface area contributed by atoms with Crippen molar-refractivity contribution in [3.05, 3.63) is 0 Å². The zero-order valence-electron chi connectivity index (χ0n) is 16.7. The van der Waals surface area contributed by atoms with Crippen molar-refractivity contribution >= 4 is 5.91 Å². The molecule has 6 fully saturated rings. The second-order valence-electron chi connectivity index (χ2n) is 10.5. The summed E-state index contributed by atoms with van der Waals surface area (Å²) in [6.07, 6.45) is 10.4. The maximum atomic E-state index is 13.5. The average molecular weight is 360 g/mol. The summed E-state index contributed by atoms with van der Waals surface area (Å²) in [7, 11) is 2.23. The molecule has 4 aliphatic carbocycles. The van der Waals surface area contributed by atoms with E-state index in [-0.39, 0.29) is 5.41 Å². The van der Waals surface area contributed by atoms with E-state index in [1.54, 1.807) is 0 Å². The molecule has 0 atom stereocenters. The van der Waals surface area contributed by atoms with Gasteiger partial charge in [-0.1, -0.05) is 0 Å². The van der Waals surface area contributed by atoms with Gasteiger partial charge in [0, 0.05) is 45.8 Å². The molecule has 4 nitrogen and oxygen atoms in total. The van der Waals surface area contributed by atoms with Gasteiger partial charge < -0.3 is 14.7 Å². The highest BCUT2D eigenvalue weighted by atomic mass is 16.2. The molecule has 0 unspecified atom stereocenters. The number of hydrogen-bond donors (Lipinski definition) is 0. The summed E-state index contributed by atoms with van der Waals surface area (Å²) in [6.45, 7) is 8.18. The van der Waals surface area contributed by atoms with Crippen LogP contribution >= 0.6 is 0 Å². The van der Waals surface area contributed by atoms with Crippen molar-refractivity contribution in [2.75, 3.05) is 52.9 Å². The van der Waals surface area contributed by atoms with E-state index in [2.05, 4.69) is 21.7 Å². The van der Waals surface area contributed by atoms with Crippen molar-refractivity contribution in [2.24, 2.45) is 29.1 Å². The third-order valence-corrected chi connectivity index (χ3v) is 8.51. The topological polar surface area (TPSA) is 26.8 Å². The molecule has 0 N–H and O–H groups in total. The summed E-state index contributed by atoms with van der Waals surface area (Å²) < 4.78 is 0. The van der Waals surface area contributed by atoms with Gasteiger partial charge in [0.25, 0.3) is 0 Å². The molecule has 2 saturated heterocycles. The Morgan fingerprint density at radius 1 is 0.846 bits per heavy atom. The van der Waals surface area contributed by atoms with Crippen LogP contribution in [0, 0.1) is 29.1 Å². The van der Waals surface area contributed by atoms with Crippen molar-refractivity contribution in [3.63, 3.8) is 0 Å². The lowest BCUT2D eigenvalue weighted by molar-refractivity contribution is -0.159. The fourth-order valence-corrected chi connectivity index (χ4v) is 7.42. The van der Waals surface area contributed by atoms with Gasteiger partial charge in [0.05, 0.1) is 5.41 Å². The molecule has 4 saturated carbocycles. The minimum Gasteiger partial charge on any atom is -0.342 e. The molecule has 146 valence electrons. The molecule has 1 amide bonds. The molecule has 0 aromatic carbocycles. The van der Waals surface area contributed by atoms with Gasteiger partial charge >= 0.3 is 0 Å². The van der Waals surface area contributed by atoms with Gasteiger partial charge in [-0.25, -0.2) is 0 Å². The summed E-state index contributed by atoms with van der Waals surface area (Å²) in [6, 6.07) is 0. The Hall–Kier alpha value is -0.610. The number of carbonyl (C=O) groups is 1. The van der Waals surface area contributed by atoms with Gasteiger partial charge in [-0.3, -0.25) is 4.79 Å². The normalized spacial score (nSPS) is 41.7. The van der Waals surface area contributed by atoms with Crippen LogP contribution in [0.2, 0.25) is 0 Å². The monoisotopic (exact) mass is 359 g/mol. The molecule has 4 heteroatoms. The van der Waals surface area contributed by atoms with Crippen molar-refractivity contribution in [3.8, 4) is 0 Å². The highest BCUT2D eigenvalue weighted by Crippen LogP contribution is 2.60. The van der Waals surface area contributed by atoms with E-state index >= 15 is 0 Å². The van der Waals surface area contributed by atoms with Crippen molar-refractivity contribution in [2.45, 2.75) is 51.4 Å². The Morgan fingerprint density at radius 3 is 1.92 bits per heavy atom. The number of carbonyl (C=O) groups excluding carboxylic acids is 1. The predicted octanol–water partition coefficient (Wildman–Crippen LogP) is 2.69. The lowest BCUT2D eigenvalue weighted by Gasteiger charge is -2.57. The van der Waals surface area contributed by atoms with Gasteiger partial charge in [0.2, 0.25) is 5.91 Å². The lowest BCUT2D eigenvalue weighted by atomic mass is 9.49. The number of likely N-dealkylation sites (tertiary alicyclic amines) is 1. The Bertz CT molecular complexity index is 496. The van der Waals surface area contributed by atoms with E-state index in [9.17, 15) is 4.79 Å². The number of likely N-dealkylation sites (N-methyl/N-ethyl adjacent to an activating group) is 1. The third kappa shape index (κ3) is 3.22. The average Bonchev–Trinajstić information content (AvgIpc) is 2.63. The molecule has 6 rings (SSSR count). The SMILES string of the molecule is CN1CCN(CC2CCN(C(=O)C34CC5CC(CC(C5)C3)C4)CC2)CC1. The number of piperidine rings is 1. The smallest absolute Gasteiger partial charge is 0.228 e. The van der Waals surface area contributed by atoms with Crippen LogP contribution < -0.4 is 0 Å². The molecular weight excluding hydrogens is 322 g/mol. The van der Waals surface area contributed by atoms with Gasteiger partial charge in [0.15, 0.2) is 0 Å². The van der Waals surface area contributed by atoms with Crippen LogP contribution in [0.3, 0.4) is 0 Å². The Kier molecular flexibility index (Phi) is 4.55. The molecular formula is C22H37N3O. The Morgan fingerprint density at radius 2 is 1.38 bits per heavy atom. The molecule has 2 aliphatic heterocycles. The predicted molar refractivity (Wildman–Crippen MR) is 104 cm³/mol. The van der Waals surface area contributed by atoms with E-state index < -0.39 is 0 Å². The molecule has 0 aromatic rings. The van der Waals surface area contributed by atoms with Crippen LogP contribution in [0.4, 0.5) is 0 Å². The first-order chi connectivity index (χ1) is 12.6. The van der Waals surface area contributed by atoms with E-state index in [4.69, 9.17) is 0 Å². The zero-order chi connectivity index (χ0) is 17.7. The fraction of sp³-hybridized carbons (Fsp3) is 0.955. The Labute approximate surface area is 159 Å². The number of nitrogens with zero attached hydrogens (tertiary/aromatic N) is 3. The van der Waals surface area contributed by atoms with Crippen molar-refractivity contribution < 1.29 is 4.79 Å². The van der Waals surface area contributed by atoms with E-state index in [0.29, 0.717) is 5.91 Å². The van der Waals surface area contributed by atoms with Crippen LogP contribution in [-0.2, 0) is 4.79 Å². The largest absolute Gasteiger partial charge is 0.342 e. The number of rotatable bonds is 3. The Balaban J connectivity index is 1.15. The molecule has 0 aromatic heterocycles. The van der Waals surface area contributed by atoms with Gasteiger partial charge in [-0.15, -0.1) is 0 Å². The molecule has 2 heterocycles. The van der Waals surface area contributed by atoms with E-state index in [1.807, 2.05) is 0 Å². The van der Waals surface area contributed by atoms with Gasteiger partial charge in [-0.05, 0) is 82.1 Å². The van der Waals surface area contributed by atoms with Crippen molar-refractivity contribution in [1.29, 1.82) is 0 Å². The molecule has 4 bridgehead atoms. The summed E-state index contributed by atoms with van der Waals surface area (Å²) >= 11 is 0. The minimum absolute atomic E-state index is 0.0685. The van der Waals surface area contributed by atoms with Crippen LogP contribution in [0.5, 0.6) is 0 Å². The molecule has 0 radical (unpaired) electrons. The summed E-state index contributed by atoms with van der Waals surface area (Å²) in [5.41, 5.74) is 0.0685. The van der Waals surface area contributed by atoms with Gasteiger partial charge in [0.1, 0.15) is 0 Å². The third-order valence-electron chi connectivity index (χ3n) is 8.51. The number of piperazine rings is 1. The summed E-state index contributed by atoms with van der Waals surface area (Å²) in [5, 5.41) is 0. The van der Waals surface area contributed by atoms with E-state index in [0.717, 1.165) is 36.8 Å². The maximum absolute atomic E-state index is 13.5. The quantitative estimate of drug-likeness (QED) is 0.775. The fourth-order valence-electron chi connectivity index (χ4n) is 7.42. The van der Waals surface area contributed by atoms with Crippen LogP contribution in [-0.4, -0.2) is 73.5 Å². The zero-order valence-corrected chi connectivity index (χ0v) is 16.7. The van der Waals surface area contributed by atoms with Crippen LogP contribution in [0.25, 0.3) is 0 Å². The number of amides is 1. The standard InChI is InChI=1S/C22H37N3O/c1-23-6-8-24(9-7-23)16-17-2-4-25(5-3-17)21(26)22-13-18-10-19(14-22)12-20(11-18)15-22/h17-20H,2-16H2,1H3.